The van der Waals surface area contributed by atoms with Crippen molar-refractivity contribution >= 4 is 11.7 Å². The number of nitrogens with one attached hydrogen (secondary N) is 1. The minimum atomic E-state index is -0.455. The number of nitrogens with zero attached hydrogens (tertiary/aromatic N) is 2. The zero-order chi connectivity index (χ0) is 15.9. The van der Waals surface area contributed by atoms with Crippen LogP contribution in [0.4, 0.5) is 5.82 Å². The van der Waals surface area contributed by atoms with E-state index in [1.807, 2.05) is 30.3 Å². The second-order valence-corrected chi connectivity index (χ2v) is 5.19. The third kappa shape index (κ3) is 4.26. The highest BCUT2D eigenvalue weighted by Crippen LogP contribution is 2.20. The number of aliphatic hydroxyl groups excluding tert-OH is 1. The highest BCUT2D eigenvalue weighted by molar-refractivity contribution is 5.96. The highest BCUT2D eigenvalue weighted by Gasteiger charge is 2.17. The third-order valence-corrected chi connectivity index (χ3v) is 3.35. The predicted molar refractivity (Wildman–Crippen MR) is 84.3 cm³/mol. The minimum Gasteiger partial charge on any atom is -0.393 e. The van der Waals surface area contributed by atoms with Crippen LogP contribution in [0.25, 0.3) is 0 Å². The molecule has 2 rings (SSSR count). The molecule has 4 N–H and O–H groups in total. The molecule has 0 aliphatic rings. The molecule has 1 aromatic heterocycles. The molecule has 1 aromatic carbocycles. The Kier molecular flexibility index (Phi) is 5.43. The van der Waals surface area contributed by atoms with Crippen molar-refractivity contribution in [1.82, 2.24) is 15.3 Å². The SMILES string of the molecule is CC(O)CC(CNC(=O)c1nccnc1N)c1ccccc1. The summed E-state index contributed by atoms with van der Waals surface area (Å²) in [6.45, 7) is 2.13. The fraction of sp³-hybridized carbons (Fsp3) is 0.312. The standard InChI is InChI=1S/C16H20N4O2/c1-11(21)9-13(12-5-3-2-4-6-12)10-20-16(22)14-15(17)19-8-7-18-14/h2-8,11,13,21H,9-10H2,1H3,(H2,17,19)(H,20,22). The van der Waals surface area contributed by atoms with Crippen LogP contribution in [0.15, 0.2) is 42.7 Å². The molecule has 1 heterocycles. The van der Waals surface area contributed by atoms with E-state index < -0.39 is 6.10 Å². The number of anilines is 1. The second-order valence-electron chi connectivity index (χ2n) is 5.19. The highest BCUT2D eigenvalue weighted by atomic mass is 16.3. The maximum Gasteiger partial charge on any atom is 0.273 e. The molecule has 22 heavy (non-hydrogen) atoms. The lowest BCUT2D eigenvalue weighted by Crippen LogP contribution is -2.31. The Hall–Kier alpha value is -2.47. The molecule has 0 fully saturated rings. The van der Waals surface area contributed by atoms with Crippen LogP contribution in [0.5, 0.6) is 0 Å². The lowest BCUT2D eigenvalue weighted by molar-refractivity contribution is 0.0941. The molecular formula is C16H20N4O2. The summed E-state index contributed by atoms with van der Waals surface area (Å²) in [6, 6.07) is 9.77. The number of hydrogen-bond donors (Lipinski definition) is 3. The summed E-state index contributed by atoms with van der Waals surface area (Å²) >= 11 is 0. The number of nitrogens with two attached hydrogens (primary N) is 1. The van der Waals surface area contributed by atoms with Gasteiger partial charge in [-0.25, -0.2) is 9.97 Å². The van der Waals surface area contributed by atoms with Gasteiger partial charge in [0.05, 0.1) is 6.10 Å². The minimum absolute atomic E-state index is 0.0167. The summed E-state index contributed by atoms with van der Waals surface area (Å²) in [5.41, 5.74) is 6.83. The largest absolute Gasteiger partial charge is 0.393 e. The van der Waals surface area contributed by atoms with Gasteiger partial charge in [-0.2, -0.15) is 0 Å². The maximum atomic E-state index is 12.1. The maximum absolute atomic E-state index is 12.1. The molecule has 0 radical (unpaired) electrons. The Balaban J connectivity index is 2.05. The van der Waals surface area contributed by atoms with Crippen LogP contribution in [0, 0.1) is 0 Å². The molecule has 0 saturated heterocycles. The summed E-state index contributed by atoms with van der Waals surface area (Å²) in [5.74, 6) is -0.244. The van der Waals surface area contributed by atoms with Gasteiger partial charge in [-0.15, -0.1) is 0 Å². The first-order valence-electron chi connectivity index (χ1n) is 7.15. The quantitative estimate of drug-likeness (QED) is 0.747. The van der Waals surface area contributed by atoms with Gasteiger partial charge in [-0.3, -0.25) is 4.79 Å². The molecule has 0 aliphatic carbocycles. The van der Waals surface area contributed by atoms with Crippen molar-refractivity contribution in [2.45, 2.75) is 25.4 Å². The molecule has 1 amide bonds. The smallest absolute Gasteiger partial charge is 0.273 e. The van der Waals surface area contributed by atoms with Crippen LogP contribution >= 0.6 is 0 Å². The number of carbonyl (C=O) groups is 1. The summed E-state index contributed by atoms with van der Waals surface area (Å²) in [7, 11) is 0. The Morgan fingerprint density at radius 1 is 1.27 bits per heavy atom. The van der Waals surface area contributed by atoms with Crippen molar-refractivity contribution in [1.29, 1.82) is 0 Å². The van der Waals surface area contributed by atoms with Crippen molar-refractivity contribution in [2.75, 3.05) is 12.3 Å². The van der Waals surface area contributed by atoms with E-state index >= 15 is 0 Å². The molecule has 0 saturated carbocycles. The van der Waals surface area contributed by atoms with Crippen LogP contribution in [0.3, 0.4) is 0 Å². The topological polar surface area (TPSA) is 101 Å². The number of hydrogen-bond acceptors (Lipinski definition) is 5. The molecule has 0 bridgehead atoms. The Morgan fingerprint density at radius 2 is 1.95 bits per heavy atom. The summed E-state index contributed by atoms with van der Waals surface area (Å²) in [4.78, 5) is 19.9. The fourth-order valence-corrected chi connectivity index (χ4v) is 2.30. The average Bonchev–Trinajstić information content (AvgIpc) is 2.52. The van der Waals surface area contributed by atoms with E-state index in [4.69, 9.17) is 5.73 Å². The van der Waals surface area contributed by atoms with Crippen LogP contribution in [0.2, 0.25) is 0 Å². The monoisotopic (exact) mass is 300 g/mol. The third-order valence-electron chi connectivity index (χ3n) is 3.35. The van der Waals surface area contributed by atoms with E-state index in [1.54, 1.807) is 6.92 Å². The molecule has 2 aromatic rings. The van der Waals surface area contributed by atoms with Gasteiger partial charge in [-0.1, -0.05) is 30.3 Å². The Labute approximate surface area is 129 Å². The van der Waals surface area contributed by atoms with Gasteiger partial charge < -0.3 is 16.2 Å². The zero-order valence-corrected chi connectivity index (χ0v) is 12.4. The number of benzene rings is 1. The van der Waals surface area contributed by atoms with Crippen molar-refractivity contribution in [3.05, 3.63) is 54.0 Å². The van der Waals surface area contributed by atoms with E-state index in [1.165, 1.54) is 12.4 Å². The van der Waals surface area contributed by atoms with Gasteiger partial charge in [0.2, 0.25) is 0 Å². The van der Waals surface area contributed by atoms with Crippen molar-refractivity contribution in [3.8, 4) is 0 Å². The van der Waals surface area contributed by atoms with Crippen molar-refractivity contribution in [3.63, 3.8) is 0 Å². The molecule has 6 nitrogen and oxygen atoms in total. The summed E-state index contributed by atoms with van der Waals surface area (Å²) in [5, 5.41) is 12.5. The molecule has 0 spiro atoms. The lowest BCUT2D eigenvalue weighted by Gasteiger charge is -2.19. The van der Waals surface area contributed by atoms with Gasteiger partial charge in [0.25, 0.3) is 5.91 Å². The van der Waals surface area contributed by atoms with Crippen molar-refractivity contribution in [2.24, 2.45) is 0 Å². The van der Waals surface area contributed by atoms with Gasteiger partial charge in [0, 0.05) is 24.9 Å². The van der Waals surface area contributed by atoms with Crippen LogP contribution < -0.4 is 11.1 Å². The van der Waals surface area contributed by atoms with Gasteiger partial charge in [0.1, 0.15) is 0 Å². The molecule has 6 heteroatoms. The van der Waals surface area contributed by atoms with E-state index in [9.17, 15) is 9.90 Å². The number of amides is 1. The zero-order valence-electron chi connectivity index (χ0n) is 12.4. The molecule has 116 valence electrons. The van der Waals surface area contributed by atoms with E-state index in [-0.39, 0.29) is 23.3 Å². The average molecular weight is 300 g/mol. The Morgan fingerprint density at radius 3 is 2.59 bits per heavy atom. The normalized spacial score (nSPS) is 13.4. The molecule has 0 aliphatic heterocycles. The fourth-order valence-electron chi connectivity index (χ4n) is 2.30. The number of aliphatic hydroxyl groups is 1. The predicted octanol–water partition coefficient (Wildman–Crippen LogP) is 1.34. The van der Waals surface area contributed by atoms with E-state index in [0.717, 1.165) is 5.56 Å². The number of nitrogen functional groups attached to an aromatic ring is 1. The first kappa shape index (κ1) is 15.9. The van der Waals surface area contributed by atoms with E-state index in [0.29, 0.717) is 13.0 Å². The first-order valence-corrected chi connectivity index (χ1v) is 7.15. The number of aromatic nitrogens is 2. The molecule has 2 atom stereocenters. The second kappa shape index (κ2) is 7.51. The van der Waals surface area contributed by atoms with Crippen LogP contribution in [0.1, 0.15) is 35.3 Å². The van der Waals surface area contributed by atoms with E-state index in [2.05, 4.69) is 15.3 Å². The number of carbonyl (C=O) groups excluding carboxylic acids is 1. The van der Waals surface area contributed by atoms with Gasteiger partial charge in [0.15, 0.2) is 11.5 Å². The summed E-state index contributed by atoms with van der Waals surface area (Å²) < 4.78 is 0. The van der Waals surface area contributed by atoms with Gasteiger partial charge >= 0.3 is 0 Å². The van der Waals surface area contributed by atoms with Crippen LogP contribution in [-0.4, -0.2) is 33.6 Å². The Bertz CT molecular complexity index is 617. The molecule has 2 unspecified atom stereocenters. The van der Waals surface area contributed by atoms with Crippen molar-refractivity contribution < 1.29 is 9.90 Å². The van der Waals surface area contributed by atoms with Gasteiger partial charge in [-0.05, 0) is 18.9 Å². The molecular weight excluding hydrogens is 280 g/mol. The lowest BCUT2D eigenvalue weighted by atomic mass is 9.93. The number of rotatable bonds is 6. The van der Waals surface area contributed by atoms with Crippen LogP contribution in [-0.2, 0) is 0 Å². The first-order chi connectivity index (χ1) is 10.6. The summed E-state index contributed by atoms with van der Waals surface area (Å²) in [6.07, 6.45) is 2.96.